The molecule has 0 spiro atoms. The van der Waals surface area contributed by atoms with E-state index in [1.165, 1.54) is 218 Å². The van der Waals surface area contributed by atoms with Crippen LogP contribution < -0.4 is 0 Å². The van der Waals surface area contributed by atoms with E-state index in [0.29, 0.717) is 19.3 Å². The van der Waals surface area contributed by atoms with E-state index >= 15 is 0 Å². The molecule has 0 bridgehead atoms. The number of hydrogen-bond donors (Lipinski definition) is 0. The SMILES string of the molecule is CCCCCCCCCCCCCCCCCC(=O)O[C@@H](COC(=O)CCCCCCCCCCCCCCCCCCCCC(C)CC)COC(=O)CCCCCCCCCC(C)C. The van der Waals surface area contributed by atoms with Crippen LogP contribution in [0, 0.1) is 11.8 Å². The van der Waals surface area contributed by atoms with Crippen LogP contribution in [0.5, 0.6) is 0 Å². The molecule has 0 radical (unpaired) electrons. The third kappa shape index (κ3) is 51.6. The monoisotopic (exact) mass is 919 g/mol. The van der Waals surface area contributed by atoms with Crippen LogP contribution in [0.2, 0.25) is 0 Å². The van der Waals surface area contributed by atoms with Crippen molar-refractivity contribution in [1.29, 1.82) is 0 Å². The zero-order valence-corrected chi connectivity index (χ0v) is 44.6. The van der Waals surface area contributed by atoms with Gasteiger partial charge in [0.2, 0.25) is 0 Å². The Labute approximate surface area is 406 Å². The first-order valence-corrected chi connectivity index (χ1v) is 29.3. The zero-order valence-electron chi connectivity index (χ0n) is 44.6. The molecular weight excluding hydrogens is 805 g/mol. The number of rotatable bonds is 53. The van der Waals surface area contributed by atoms with Crippen LogP contribution in [0.1, 0.15) is 330 Å². The maximum atomic E-state index is 12.8. The molecule has 2 atom stereocenters. The van der Waals surface area contributed by atoms with Crippen molar-refractivity contribution in [2.45, 2.75) is 336 Å². The van der Waals surface area contributed by atoms with Crippen molar-refractivity contribution in [2.24, 2.45) is 11.8 Å². The Balaban J connectivity index is 4.19. The van der Waals surface area contributed by atoms with Crippen LogP contribution in [0.4, 0.5) is 0 Å². The Hall–Kier alpha value is -1.59. The lowest BCUT2D eigenvalue weighted by Gasteiger charge is -2.18. The van der Waals surface area contributed by atoms with Gasteiger partial charge in [-0.3, -0.25) is 14.4 Å². The minimum absolute atomic E-state index is 0.0632. The highest BCUT2D eigenvalue weighted by atomic mass is 16.6. The van der Waals surface area contributed by atoms with E-state index < -0.39 is 6.10 Å². The van der Waals surface area contributed by atoms with Crippen molar-refractivity contribution in [3.05, 3.63) is 0 Å². The lowest BCUT2D eigenvalue weighted by Crippen LogP contribution is -2.30. The molecule has 0 N–H and O–H groups in total. The predicted molar refractivity (Wildman–Crippen MR) is 280 cm³/mol. The molecule has 0 aromatic rings. The van der Waals surface area contributed by atoms with Gasteiger partial charge < -0.3 is 14.2 Å². The molecule has 65 heavy (non-hydrogen) atoms. The number of carbonyl (C=O) groups is 3. The Bertz CT molecular complexity index is 995. The third-order valence-electron chi connectivity index (χ3n) is 13.8. The summed E-state index contributed by atoms with van der Waals surface area (Å²) >= 11 is 0. The molecule has 1 unspecified atom stereocenters. The van der Waals surface area contributed by atoms with Crippen molar-refractivity contribution in [3.8, 4) is 0 Å². The van der Waals surface area contributed by atoms with Gasteiger partial charge in [0.1, 0.15) is 13.2 Å². The molecule has 0 rings (SSSR count). The van der Waals surface area contributed by atoms with Gasteiger partial charge in [0.25, 0.3) is 0 Å². The number of esters is 3. The summed E-state index contributed by atoms with van der Waals surface area (Å²) in [4.78, 5) is 38.1. The Morgan fingerprint density at radius 3 is 0.877 bits per heavy atom. The predicted octanol–water partition coefficient (Wildman–Crippen LogP) is 19.3. The largest absolute Gasteiger partial charge is 0.462 e. The van der Waals surface area contributed by atoms with Crippen molar-refractivity contribution in [2.75, 3.05) is 13.2 Å². The lowest BCUT2D eigenvalue weighted by atomic mass is 9.99. The van der Waals surface area contributed by atoms with Gasteiger partial charge in [0.15, 0.2) is 6.10 Å². The molecule has 6 nitrogen and oxygen atoms in total. The summed E-state index contributed by atoms with van der Waals surface area (Å²) in [5.74, 6) is 0.849. The fourth-order valence-corrected chi connectivity index (χ4v) is 9.02. The van der Waals surface area contributed by atoms with Crippen molar-refractivity contribution < 1.29 is 28.6 Å². The molecule has 0 saturated heterocycles. The summed E-state index contributed by atoms with van der Waals surface area (Å²) in [6.45, 7) is 11.4. The van der Waals surface area contributed by atoms with E-state index in [4.69, 9.17) is 14.2 Å². The molecular formula is C59H114O6. The highest BCUT2D eigenvalue weighted by Crippen LogP contribution is 2.19. The Morgan fingerprint density at radius 1 is 0.323 bits per heavy atom. The number of carbonyl (C=O) groups excluding carboxylic acids is 3. The van der Waals surface area contributed by atoms with Crippen LogP contribution in [-0.2, 0) is 28.6 Å². The maximum absolute atomic E-state index is 12.8. The van der Waals surface area contributed by atoms with Crippen LogP contribution in [0.25, 0.3) is 0 Å². The fourth-order valence-electron chi connectivity index (χ4n) is 9.02. The summed E-state index contributed by atoms with van der Waals surface area (Å²) in [5.41, 5.74) is 0. The van der Waals surface area contributed by atoms with Gasteiger partial charge in [-0.05, 0) is 31.1 Å². The van der Waals surface area contributed by atoms with Crippen molar-refractivity contribution >= 4 is 17.9 Å². The molecule has 0 aliphatic heterocycles. The van der Waals surface area contributed by atoms with E-state index in [-0.39, 0.29) is 31.1 Å². The first kappa shape index (κ1) is 63.4. The average molecular weight is 920 g/mol. The van der Waals surface area contributed by atoms with Crippen LogP contribution in [0.15, 0.2) is 0 Å². The first-order valence-electron chi connectivity index (χ1n) is 29.3. The molecule has 0 fully saturated rings. The van der Waals surface area contributed by atoms with Crippen molar-refractivity contribution in [3.63, 3.8) is 0 Å². The normalized spacial score (nSPS) is 12.5. The minimum atomic E-state index is -0.762. The summed E-state index contributed by atoms with van der Waals surface area (Å²) < 4.78 is 16.9. The lowest BCUT2D eigenvalue weighted by molar-refractivity contribution is -0.167. The molecule has 0 aliphatic carbocycles. The van der Waals surface area contributed by atoms with Crippen LogP contribution in [-0.4, -0.2) is 37.2 Å². The quantitative estimate of drug-likeness (QED) is 0.0344. The molecule has 0 saturated carbocycles. The van der Waals surface area contributed by atoms with Crippen LogP contribution in [0.3, 0.4) is 0 Å². The first-order chi connectivity index (χ1) is 31.8. The summed E-state index contributed by atoms with van der Waals surface area (Å²) in [5, 5.41) is 0. The van der Waals surface area contributed by atoms with E-state index in [1.807, 2.05) is 0 Å². The fraction of sp³-hybridized carbons (Fsp3) is 0.949. The van der Waals surface area contributed by atoms with E-state index in [2.05, 4.69) is 34.6 Å². The second kappa shape index (κ2) is 51.8. The molecule has 0 amide bonds. The third-order valence-corrected chi connectivity index (χ3v) is 13.8. The maximum Gasteiger partial charge on any atom is 0.306 e. The number of ether oxygens (including phenoxy) is 3. The zero-order chi connectivity index (χ0) is 47.5. The van der Waals surface area contributed by atoms with E-state index in [9.17, 15) is 14.4 Å². The minimum Gasteiger partial charge on any atom is -0.462 e. The Kier molecular flexibility index (Phi) is 50.5. The summed E-state index contributed by atoms with van der Waals surface area (Å²) in [6.07, 6.45) is 55.3. The van der Waals surface area contributed by atoms with Gasteiger partial charge in [-0.1, -0.05) is 291 Å². The molecule has 0 heterocycles. The molecule has 386 valence electrons. The van der Waals surface area contributed by atoms with E-state index in [1.54, 1.807) is 0 Å². The Morgan fingerprint density at radius 2 is 0.585 bits per heavy atom. The van der Waals surface area contributed by atoms with Gasteiger partial charge in [0.05, 0.1) is 0 Å². The second-order valence-electron chi connectivity index (χ2n) is 21.0. The van der Waals surface area contributed by atoms with E-state index in [0.717, 1.165) is 69.6 Å². The standard InChI is InChI=1S/C59H114O6/c1-6-8-9-10-11-12-13-14-19-24-27-30-35-41-46-51-59(62)65-56(53-64-58(61)50-45-40-36-31-32-37-42-47-54(3)4)52-63-57(60)49-44-39-34-29-26-23-21-18-16-15-17-20-22-25-28-33-38-43-48-55(5)7-2/h54-56H,6-53H2,1-5H3/t55?,56-/m0/s1. The molecule has 0 aliphatic rings. The highest BCUT2D eigenvalue weighted by molar-refractivity contribution is 5.71. The van der Waals surface area contributed by atoms with Gasteiger partial charge in [-0.2, -0.15) is 0 Å². The highest BCUT2D eigenvalue weighted by Gasteiger charge is 2.19. The van der Waals surface area contributed by atoms with Crippen molar-refractivity contribution in [1.82, 2.24) is 0 Å². The molecule has 6 heteroatoms. The van der Waals surface area contributed by atoms with Gasteiger partial charge in [-0.25, -0.2) is 0 Å². The second-order valence-corrected chi connectivity index (χ2v) is 21.0. The summed E-state index contributed by atoms with van der Waals surface area (Å²) in [7, 11) is 0. The van der Waals surface area contributed by atoms with Gasteiger partial charge in [-0.15, -0.1) is 0 Å². The topological polar surface area (TPSA) is 78.9 Å². The molecule has 0 aromatic carbocycles. The number of unbranched alkanes of at least 4 members (excludes halogenated alkanes) is 37. The molecule has 0 aromatic heterocycles. The van der Waals surface area contributed by atoms with Crippen LogP contribution >= 0.6 is 0 Å². The van der Waals surface area contributed by atoms with Gasteiger partial charge >= 0.3 is 17.9 Å². The van der Waals surface area contributed by atoms with Gasteiger partial charge in [0, 0.05) is 19.3 Å². The number of hydrogen-bond acceptors (Lipinski definition) is 6. The smallest absolute Gasteiger partial charge is 0.306 e. The average Bonchev–Trinajstić information content (AvgIpc) is 3.29. The summed E-state index contributed by atoms with van der Waals surface area (Å²) in [6, 6.07) is 0.